The van der Waals surface area contributed by atoms with E-state index in [1.54, 1.807) is 21.3 Å². The molecule has 1 heterocycles. The van der Waals surface area contributed by atoms with Crippen LogP contribution in [0.5, 0.6) is 17.2 Å². The van der Waals surface area contributed by atoms with Crippen molar-refractivity contribution in [1.29, 1.82) is 0 Å². The molecule has 0 aromatic heterocycles. The van der Waals surface area contributed by atoms with Gasteiger partial charge in [0.2, 0.25) is 0 Å². The molecule has 27 heavy (non-hydrogen) atoms. The van der Waals surface area contributed by atoms with Gasteiger partial charge in [-0.2, -0.15) is 0 Å². The summed E-state index contributed by atoms with van der Waals surface area (Å²) in [5.74, 6) is 1.28. The van der Waals surface area contributed by atoms with E-state index in [0.717, 1.165) is 17.5 Å². The zero-order valence-corrected chi connectivity index (χ0v) is 15.8. The average molecular weight is 371 g/mol. The van der Waals surface area contributed by atoms with E-state index in [1.807, 2.05) is 47.4 Å². The predicted octanol–water partition coefficient (Wildman–Crippen LogP) is 3.35. The molecule has 0 bridgehead atoms. The number of para-hydroxylation sites is 1. The number of nitrogens with zero attached hydrogens (tertiary/aromatic N) is 1. The summed E-state index contributed by atoms with van der Waals surface area (Å²) >= 11 is 0. The molecule has 0 spiro atoms. The minimum absolute atomic E-state index is 0.324. The smallest absolute Gasteiger partial charge is 0.320 e. The van der Waals surface area contributed by atoms with Crippen LogP contribution in [0.4, 0.5) is 0 Å². The molecule has 6 nitrogen and oxygen atoms in total. The fraction of sp³-hybridized carbons (Fsp3) is 0.381. The van der Waals surface area contributed by atoms with Crippen molar-refractivity contribution < 1.29 is 24.1 Å². The van der Waals surface area contributed by atoms with Crippen molar-refractivity contribution in [3.05, 3.63) is 53.6 Å². The summed E-state index contributed by atoms with van der Waals surface area (Å²) in [5, 5.41) is 9.75. The molecular weight excluding hydrogens is 346 g/mol. The zero-order valence-electron chi connectivity index (χ0n) is 15.8. The van der Waals surface area contributed by atoms with Crippen molar-refractivity contribution in [1.82, 2.24) is 4.90 Å². The Morgan fingerprint density at radius 1 is 1.04 bits per heavy atom. The molecular formula is C21H25NO5. The van der Waals surface area contributed by atoms with E-state index in [-0.39, 0.29) is 6.04 Å². The second-order valence-electron chi connectivity index (χ2n) is 6.49. The Bertz CT molecular complexity index is 807. The minimum atomic E-state index is -0.811. The van der Waals surface area contributed by atoms with E-state index >= 15 is 0 Å². The van der Waals surface area contributed by atoms with Crippen LogP contribution in [0.2, 0.25) is 0 Å². The predicted molar refractivity (Wildman–Crippen MR) is 102 cm³/mol. The van der Waals surface area contributed by atoms with Crippen molar-refractivity contribution in [3.8, 4) is 17.2 Å². The highest BCUT2D eigenvalue weighted by Crippen LogP contribution is 2.43. The minimum Gasteiger partial charge on any atom is -0.497 e. The van der Waals surface area contributed by atoms with Gasteiger partial charge in [-0.3, -0.25) is 9.69 Å². The Morgan fingerprint density at radius 2 is 1.74 bits per heavy atom. The SMILES string of the molecule is COc1ccc(OC)c(C(c2ccccc2OC)N2CCCC2C(=O)O)c1. The molecule has 144 valence electrons. The molecule has 2 atom stereocenters. The van der Waals surface area contributed by atoms with E-state index in [9.17, 15) is 9.90 Å². The summed E-state index contributed by atoms with van der Waals surface area (Å²) in [6.45, 7) is 0.681. The number of ether oxygens (including phenoxy) is 3. The van der Waals surface area contributed by atoms with Crippen molar-refractivity contribution in [2.45, 2.75) is 24.9 Å². The number of carboxylic acids is 1. The quantitative estimate of drug-likeness (QED) is 0.805. The Balaban J connectivity index is 2.21. The lowest BCUT2D eigenvalue weighted by molar-refractivity contribution is -0.142. The van der Waals surface area contributed by atoms with Gasteiger partial charge in [0.25, 0.3) is 0 Å². The van der Waals surface area contributed by atoms with Gasteiger partial charge in [0.1, 0.15) is 23.3 Å². The van der Waals surface area contributed by atoms with Crippen molar-refractivity contribution in [3.63, 3.8) is 0 Å². The largest absolute Gasteiger partial charge is 0.497 e. The molecule has 1 aliphatic rings. The first-order valence-electron chi connectivity index (χ1n) is 8.94. The third kappa shape index (κ3) is 3.71. The van der Waals surface area contributed by atoms with Gasteiger partial charge in [-0.05, 0) is 37.1 Å². The summed E-state index contributed by atoms with van der Waals surface area (Å²) in [7, 11) is 4.85. The molecule has 2 aromatic rings. The van der Waals surface area contributed by atoms with Gasteiger partial charge in [0.15, 0.2) is 0 Å². The number of aliphatic carboxylic acids is 1. The lowest BCUT2D eigenvalue weighted by Gasteiger charge is -2.33. The lowest BCUT2D eigenvalue weighted by atomic mass is 9.94. The fourth-order valence-electron chi connectivity index (χ4n) is 3.83. The summed E-state index contributed by atoms with van der Waals surface area (Å²) in [4.78, 5) is 13.9. The monoisotopic (exact) mass is 371 g/mol. The van der Waals surface area contributed by atoms with Crippen LogP contribution in [0, 0.1) is 0 Å². The Hall–Kier alpha value is -2.73. The van der Waals surface area contributed by atoms with Crippen molar-refractivity contribution >= 4 is 5.97 Å². The molecule has 0 amide bonds. The number of hydrogen-bond donors (Lipinski definition) is 1. The lowest BCUT2D eigenvalue weighted by Crippen LogP contribution is -2.39. The molecule has 1 N–H and O–H groups in total. The second kappa shape index (κ2) is 8.31. The summed E-state index contributed by atoms with van der Waals surface area (Å²) in [6, 6.07) is 12.4. The first kappa shape index (κ1) is 19.0. The molecule has 2 unspecified atom stereocenters. The number of likely N-dealkylation sites (tertiary alicyclic amines) is 1. The number of carboxylic acid groups (broad SMARTS) is 1. The van der Waals surface area contributed by atoms with Crippen molar-refractivity contribution in [2.24, 2.45) is 0 Å². The number of carbonyl (C=O) groups is 1. The summed E-state index contributed by atoms with van der Waals surface area (Å²) < 4.78 is 16.6. The van der Waals surface area contributed by atoms with Gasteiger partial charge >= 0.3 is 5.97 Å². The maximum Gasteiger partial charge on any atom is 0.320 e. The van der Waals surface area contributed by atoms with E-state index in [2.05, 4.69) is 0 Å². The van der Waals surface area contributed by atoms with Crippen LogP contribution in [0.25, 0.3) is 0 Å². The molecule has 0 saturated carbocycles. The van der Waals surface area contributed by atoms with Gasteiger partial charge in [-0.1, -0.05) is 18.2 Å². The molecule has 2 aromatic carbocycles. The molecule has 1 saturated heterocycles. The third-order valence-electron chi connectivity index (χ3n) is 5.08. The average Bonchev–Trinajstić information content (AvgIpc) is 3.18. The number of rotatable bonds is 7. The number of methoxy groups -OCH3 is 3. The van der Waals surface area contributed by atoms with E-state index in [4.69, 9.17) is 14.2 Å². The Morgan fingerprint density at radius 3 is 2.41 bits per heavy atom. The topological polar surface area (TPSA) is 68.2 Å². The summed E-state index contributed by atoms with van der Waals surface area (Å²) in [5.41, 5.74) is 1.76. The fourth-order valence-corrected chi connectivity index (χ4v) is 3.83. The van der Waals surface area contributed by atoms with E-state index < -0.39 is 12.0 Å². The maximum absolute atomic E-state index is 11.9. The Kier molecular flexibility index (Phi) is 5.86. The van der Waals surface area contributed by atoms with Gasteiger partial charge in [-0.15, -0.1) is 0 Å². The normalized spacial score (nSPS) is 18.1. The van der Waals surface area contributed by atoms with Gasteiger partial charge in [-0.25, -0.2) is 0 Å². The summed E-state index contributed by atoms with van der Waals surface area (Å²) in [6.07, 6.45) is 1.45. The molecule has 6 heteroatoms. The van der Waals surface area contributed by atoms with Crippen LogP contribution >= 0.6 is 0 Å². The van der Waals surface area contributed by atoms with Crippen molar-refractivity contribution in [2.75, 3.05) is 27.9 Å². The molecule has 0 radical (unpaired) electrons. The van der Waals surface area contributed by atoms with Crippen LogP contribution in [-0.4, -0.2) is 49.9 Å². The van der Waals surface area contributed by atoms with E-state index in [1.165, 1.54) is 0 Å². The number of benzene rings is 2. The first-order valence-corrected chi connectivity index (χ1v) is 8.94. The van der Waals surface area contributed by atoms with Crippen LogP contribution < -0.4 is 14.2 Å². The molecule has 1 fully saturated rings. The molecule has 0 aliphatic carbocycles. The second-order valence-corrected chi connectivity index (χ2v) is 6.49. The van der Waals surface area contributed by atoms with Gasteiger partial charge in [0.05, 0.1) is 27.4 Å². The molecule has 1 aliphatic heterocycles. The zero-order chi connectivity index (χ0) is 19.4. The highest BCUT2D eigenvalue weighted by atomic mass is 16.5. The number of hydrogen-bond acceptors (Lipinski definition) is 5. The standard InChI is InChI=1S/C21H25NO5/c1-25-14-10-11-19(27-3)16(13-14)20(15-7-4-5-9-18(15)26-2)22-12-6-8-17(22)21(23)24/h4-5,7,9-11,13,17,20H,6,8,12H2,1-3H3,(H,23,24). The highest BCUT2D eigenvalue weighted by Gasteiger charge is 2.39. The van der Waals surface area contributed by atoms with Gasteiger partial charge < -0.3 is 19.3 Å². The van der Waals surface area contributed by atoms with Gasteiger partial charge in [0, 0.05) is 17.7 Å². The van der Waals surface area contributed by atoms with Crippen LogP contribution in [0.1, 0.15) is 30.0 Å². The third-order valence-corrected chi connectivity index (χ3v) is 5.08. The van der Waals surface area contributed by atoms with Crippen LogP contribution in [0.3, 0.4) is 0 Å². The highest BCUT2D eigenvalue weighted by molar-refractivity contribution is 5.74. The van der Waals surface area contributed by atoms with Crippen LogP contribution in [0.15, 0.2) is 42.5 Å². The maximum atomic E-state index is 11.9. The first-order chi connectivity index (χ1) is 13.1. The Labute approximate surface area is 159 Å². The molecule has 3 rings (SSSR count). The van der Waals surface area contributed by atoms with E-state index in [0.29, 0.717) is 30.2 Å². The van der Waals surface area contributed by atoms with Crippen LogP contribution in [-0.2, 0) is 4.79 Å².